The summed E-state index contributed by atoms with van der Waals surface area (Å²) < 4.78 is 6.81. The molecule has 7 heteroatoms. The number of rotatable bonds is 3. The van der Waals surface area contributed by atoms with E-state index in [0.29, 0.717) is 13.1 Å². The first-order valence-corrected chi connectivity index (χ1v) is 7.77. The Balaban J connectivity index is 1.55. The highest BCUT2D eigenvalue weighted by Crippen LogP contribution is 2.29. The standard InChI is InChI=1S/C15H21N3O4/c1-17-13(14(19)20)9-12(16-17)10-5-7-18(8-6-10)15(21)22-11-3-2-4-11/h9-11H,2-8H2,1H3,(H,19,20). The molecular weight excluding hydrogens is 286 g/mol. The minimum Gasteiger partial charge on any atom is -0.477 e. The maximum atomic E-state index is 12.0. The highest BCUT2D eigenvalue weighted by Gasteiger charge is 2.29. The lowest BCUT2D eigenvalue weighted by Crippen LogP contribution is -2.41. The second kappa shape index (κ2) is 5.98. The fraction of sp³-hybridized carbons (Fsp3) is 0.667. The number of aromatic nitrogens is 2. The number of carboxylic acids is 1. The zero-order valence-corrected chi connectivity index (χ0v) is 12.7. The van der Waals surface area contributed by atoms with Crippen molar-refractivity contribution in [2.75, 3.05) is 13.1 Å². The Morgan fingerprint density at radius 2 is 1.95 bits per heavy atom. The number of nitrogens with zero attached hydrogens (tertiary/aromatic N) is 3. The molecule has 120 valence electrons. The van der Waals surface area contributed by atoms with E-state index in [-0.39, 0.29) is 23.8 Å². The Morgan fingerprint density at radius 3 is 2.45 bits per heavy atom. The van der Waals surface area contributed by atoms with Gasteiger partial charge in [-0.15, -0.1) is 0 Å². The second-order valence-corrected chi connectivity index (χ2v) is 6.08. The van der Waals surface area contributed by atoms with Gasteiger partial charge in [-0.3, -0.25) is 4.68 Å². The first kappa shape index (κ1) is 14.9. The van der Waals surface area contributed by atoms with Crippen molar-refractivity contribution in [2.45, 2.75) is 44.1 Å². The Hall–Kier alpha value is -2.05. The highest BCUT2D eigenvalue weighted by molar-refractivity contribution is 5.85. The molecule has 1 N–H and O–H groups in total. The van der Waals surface area contributed by atoms with Gasteiger partial charge in [0.05, 0.1) is 5.69 Å². The van der Waals surface area contributed by atoms with Crippen LogP contribution in [0.2, 0.25) is 0 Å². The molecule has 1 aliphatic heterocycles. The Bertz CT molecular complexity index is 571. The highest BCUT2D eigenvalue weighted by atomic mass is 16.6. The van der Waals surface area contributed by atoms with Gasteiger partial charge in [0, 0.05) is 26.1 Å². The molecule has 3 rings (SSSR count). The number of hydrogen-bond donors (Lipinski definition) is 1. The van der Waals surface area contributed by atoms with Gasteiger partial charge in [-0.1, -0.05) is 0 Å². The molecule has 22 heavy (non-hydrogen) atoms. The van der Waals surface area contributed by atoms with Crippen LogP contribution in [-0.4, -0.2) is 51.0 Å². The van der Waals surface area contributed by atoms with E-state index in [1.165, 1.54) is 4.68 Å². The number of piperidine rings is 1. The first-order chi connectivity index (χ1) is 10.5. The minimum atomic E-state index is -0.970. The van der Waals surface area contributed by atoms with Crippen molar-refractivity contribution in [3.8, 4) is 0 Å². The molecule has 1 amide bonds. The molecule has 0 bridgehead atoms. The summed E-state index contributed by atoms with van der Waals surface area (Å²) >= 11 is 0. The van der Waals surface area contributed by atoms with Crippen LogP contribution in [0.4, 0.5) is 4.79 Å². The molecule has 1 aromatic rings. The summed E-state index contributed by atoms with van der Waals surface area (Å²) in [6.07, 6.45) is 4.58. The number of carbonyl (C=O) groups is 2. The van der Waals surface area contributed by atoms with Crippen LogP contribution in [0.15, 0.2) is 6.07 Å². The van der Waals surface area contributed by atoms with Crippen LogP contribution in [0, 0.1) is 0 Å². The molecule has 0 spiro atoms. The Morgan fingerprint density at radius 1 is 1.27 bits per heavy atom. The van der Waals surface area contributed by atoms with E-state index in [0.717, 1.165) is 37.8 Å². The summed E-state index contributed by atoms with van der Waals surface area (Å²) in [6.45, 7) is 1.27. The van der Waals surface area contributed by atoms with Gasteiger partial charge < -0.3 is 14.7 Å². The van der Waals surface area contributed by atoms with Gasteiger partial charge in [0.2, 0.25) is 0 Å². The number of likely N-dealkylation sites (tertiary alicyclic amines) is 1. The molecule has 0 atom stereocenters. The quantitative estimate of drug-likeness (QED) is 0.923. The number of aromatic carboxylic acids is 1. The first-order valence-electron chi connectivity index (χ1n) is 7.77. The Labute approximate surface area is 128 Å². The number of aryl methyl sites for hydroxylation is 1. The predicted molar refractivity (Wildman–Crippen MR) is 77.8 cm³/mol. The molecule has 7 nitrogen and oxygen atoms in total. The van der Waals surface area contributed by atoms with E-state index in [1.54, 1.807) is 18.0 Å². The molecule has 2 heterocycles. The van der Waals surface area contributed by atoms with Crippen LogP contribution >= 0.6 is 0 Å². The van der Waals surface area contributed by atoms with Gasteiger partial charge in [-0.05, 0) is 38.2 Å². The van der Waals surface area contributed by atoms with Gasteiger partial charge in [0.25, 0.3) is 0 Å². The monoisotopic (exact) mass is 307 g/mol. The summed E-state index contributed by atoms with van der Waals surface area (Å²) in [7, 11) is 1.64. The topological polar surface area (TPSA) is 84.7 Å². The third-order valence-corrected chi connectivity index (χ3v) is 4.61. The fourth-order valence-corrected chi connectivity index (χ4v) is 2.95. The number of carboxylic acid groups (broad SMARTS) is 1. The number of hydrogen-bond acceptors (Lipinski definition) is 4. The van der Waals surface area contributed by atoms with Crippen molar-refractivity contribution in [2.24, 2.45) is 7.05 Å². The average Bonchev–Trinajstić information content (AvgIpc) is 2.85. The van der Waals surface area contributed by atoms with Crippen molar-refractivity contribution in [1.29, 1.82) is 0 Å². The van der Waals surface area contributed by atoms with E-state index in [1.807, 2.05) is 0 Å². The van der Waals surface area contributed by atoms with Crippen molar-refractivity contribution >= 4 is 12.1 Å². The van der Waals surface area contributed by atoms with Crippen molar-refractivity contribution < 1.29 is 19.4 Å². The van der Waals surface area contributed by atoms with Gasteiger partial charge in [-0.25, -0.2) is 9.59 Å². The largest absolute Gasteiger partial charge is 0.477 e. The van der Waals surface area contributed by atoms with E-state index >= 15 is 0 Å². The normalized spacial score (nSPS) is 19.8. The lowest BCUT2D eigenvalue weighted by atomic mass is 9.93. The van der Waals surface area contributed by atoms with Crippen LogP contribution in [0.3, 0.4) is 0 Å². The van der Waals surface area contributed by atoms with Gasteiger partial charge in [0.15, 0.2) is 0 Å². The van der Waals surface area contributed by atoms with E-state index < -0.39 is 5.97 Å². The summed E-state index contributed by atoms with van der Waals surface area (Å²) in [5.74, 6) is -0.769. The lowest BCUT2D eigenvalue weighted by molar-refractivity contribution is 0.0224. The molecule has 1 saturated carbocycles. The summed E-state index contributed by atoms with van der Waals surface area (Å²) in [4.78, 5) is 24.8. The molecule has 1 saturated heterocycles. The molecule has 0 radical (unpaired) electrons. The lowest BCUT2D eigenvalue weighted by Gasteiger charge is -2.33. The molecule has 0 aromatic carbocycles. The van der Waals surface area contributed by atoms with Crippen molar-refractivity contribution in [3.63, 3.8) is 0 Å². The minimum absolute atomic E-state index is 0.110. The molecular formula is C15H21N3O4. The van der Waals surface area contributed by atoms with E-state index in [9.17, 15) is 9.59 Å². The molecule has 0 unspecified atom stereocenters. The van der Waals surface area contributed by atoms with Gasteiger partial charge in [0.1, 0.15) is 11.8 Å². The van der Waals surface area contributed by atoms with Gasteiger partial charge in [-0.2, -0.15) is 5.10 Å². The van der Waals surface area contributed by atoms with Crippen LogP contribution in [0.5, 0.6) is 0 Å². The average molecular weight is 307 g/mol. The number of carbonyl (C=O) groups excluding carboxylic acids is 1. The maximum Gasteiger partial charge on any atom is 0.410 e. The zero-order chi connectivity index (χ0) is 15.7. The van der Waals surface area contributed by atoms with Crippen LogP contribution in [-0.2, 0) is 11.8 Å². The molecule has 2 aliphatic rings. The number of amides is 1. The van der Waals surface area contributed by atoms with Gasteiger partial charge >= 0.3 is 12.1 Å². The predicted octanol–water partition coefficient (Wildman–Crippen LogP) is 1.99. The summed E-state index contributed by atoms with van der Waals surface area (Å²) in [6, 6.07) is 1.63. The van der Waals surface area contributed by atoms with Crippen LogP contribution in [0.25, 0.3) is 0 Å². The molecule has 2 fully saturated rings. The Kier molecular flexibility index (Phi) is 4.04. The molecule has 1 aromatic heterocycles. The van der Waals surface area contributed by atoms with Crippen molar-refractivity contribution in [1.82, 2.24) is 14.7 Å². The van der Waals surface area contributed by atoms with Crippen LogP contribution in [0.1, 0.15) is 54.2 Å². The number of ether oxygens (including phenoxy) is 1. The zero-order valence-electron chi connectivity index (χ0n) is 12.7. The third kappa shape index (κ3) is 2.93. The summed E-state index contributed by atoms with van der Waals surface area (Å²) in [5.41, 5.74) is 0.994. The smallest absolute Gasteiger partial charge is 0.410 e. The fourth-order valence-electron chi connectivity index (χ4n) is 2.95. The maximum absolute atomic E-state index is 12.0. The molecule has 1 aliphatic carbocycles. The summed E-state index contributed by atoms with van der Waals surface area (Å²) in [5, 5.41) is 13.4. The third-order valence-electron chi connectivity index (χ3n) is 4.61. The van der Waals surface area contributed by atoms with Crippen LogP contribution < -0.4 is 0 Å². The SMILES string of the molecule is Cn1nc(C2CCN(C(=O)OC3CCC3)CC2)cc1C(=O)O. The van der Waals surface area contributed by atoms with Crippen molar-refractivity contribution in [3.05, 3.63) is 17.5 Å². The second-order valence-electron chi connectivity index (χ2n) is 6.08. The van der Waals surface area contributed by atoms with E-state index in [2.05, 4.69) is 5.10 Å². The van der Waals surface area contributed by atoms with E-state index in [4.69, 9.17) is 9.84 Å².